The van der Waals surface area contributed by atoms with E-state index in [2.05, 4.69) is 0 Å². The maximum Gasteiger partial charge on any atom is 0.312 e. The van der Waals surface area contributed by atoms with Gasteiger partial charge in [0.05, 0.1) is 11.3 Å². The predicted molar refractivity (Wildman–Crippen MR) is 52.9 cm³/mol. The van der Waals surface area contributed by atoms with Crippen molar-refractivity contribution >= 4 is 34.4 Å². The Bertz CT molecular complexity index is 566. The van der Waals surface area contributed by atoms with Gasteiger partial charge in [-0.15, -0.1) is 0 Å². The summed E-state index contributed by atoms with van der Waals surface area (Å²) in [6.07, 6.45) is 0. The highest BCUT2D eigenvalue weighted by atomic mass is 32.2. The van der Waals surface area contributed by atoms with E-state index in [1.807, 2.05) is 0 Å². The van der Waals surface area contributed by atoms with Crippen molar-refractivity contribution in [2.24, 2.45) is 0 Å². The molecule has 74 valence electrons. The van der Waals surface area contributed by atoms with Gasteiger partial charge >= 0.3 is 5.91 Å². The minimum Gasteiger partial charge on any atom is -0.283 e. The standard InChI is InChI=1S/C8H4BNO4S/c9-15(13,14)10-6-4-2-1-3-5(6)7(11)8(10)12/h1-4H. The molecule has 1 aromatic rings. The molecule has 15 heavy (non-hydrogen) atoms. The molecule has 0 spiro atoms. The molecule has 7 heteroatoms. The topological polar surface area (TPSA) is 71.5 Å². The van der Waals surface area contributed by atoms with Crippen LogP contribution in [0.1, 0.15) is 10.4 Å². The van der Waals surface area contributed by atoms with Gasteiger partial charge in [-0.05, 0) is 12.1 Å². The molecule has 1 aromatic carbocycles. The molecule has 0 bridgehead atoms. The molecule has 0 fully saturated rings. The number of para-hydroxylation sites is 1. The molecular weight excluding hydrogens is 217 g/mol. The summed E-state index contributed by atoms with van der Waals surface area (Å²) in [7, 11) is 0.598. The van der Waals surface area contributed by atoms with Gasteiger partial charge in [0.25, 0.3) is 12.9 Å². The maximum absolute atomic E-state index is 11.3. The van der Waals surface area contributed by atoms with E-state index >= 15 is 0 Å². The summed E-state index contributed by atoms with van der Waals surface area (Å²) in [5.74, 6) is -2.00. The number of fused-ring (bicyclic) bond motifs is 1. The lowest BCUT2D eigenvalue weighted by atomic mass is 10.1. The van der Waals surface area contributed by atoms with Crippen molar-refractivity contribution in [3.05, 3.63) is 29.8 Å². The second-order valence-corrected chi connectivity index (χ2v) is 4.36. The lowest BCUT2D eigenvalue weighted by Crippen LogP contribution is -2.35. The van der Waals surface area contributed by atoms with Crippen molar-refractivity contribution in [2.75, 3.05) is 4.31 Å². The number of benzene rings is 1. The zero-order valence-corrected chi connectivity index (χ0v) is 8.19. The van der Waals surface area contributed by atoms with Crippen LogP contribution in [0.5, 0.6) is 0 Å². The molecular formula is C8H4BNO4S. The minimum absolute atomic E-state index is 0.00926. The molecule has 0 atom stereocenters. The average Bonchev–Trinajstić information content (AvgIpc) is 2.39. The van der Waals surface area contributed by atoms with Crippen molar-refractivity contribution in [3.8, 4) is 0 Å². The summed E-state index contributed by atoms with van der Waals surface area (Å²) < 4.78 is 22.5. The van der Waals surface area contributed by atoms with E-state index in [0.717, 1.165) is 0 Å². The second-order valence-electron chi connectivity index (χ2n) is 2.96. The van der Waals surface area contributed by atoms with Crippen LogP contribution in [0.15, 0.2) is 24.3 Å². The van der Waals surface area contributed by atoms with Crippen molar-refractivity contribution in [3.63, 3.8) is 0 Å². The number of Topliss-reactive ketones (excluding diaryl/α,β-unsaturated/α-hetero) is 1. The van der Waals surface area contributed by atoms with Crippen LogP contribution in [0.3, 0.4) is 0 Å². The third-order valence-electron chi connectivity index (χ3n) is 2.00. The maximum atomic E-state index is 11.3. The first-order valence-corrected chi connectivity index (χ1v) is 5.44. The van der Waals surface area contributed by atoms with Crippen LogP contribution < -0.4 is 4.31 Å². The first kappa shape index (κ1) is 9.91. The fourth-order valence-corrected chi connectivity index (χ4v) is 2.16. The first-order valence-electron chi connectivity index (χ1n) is 3.93. The van der Waals surface area contributed by atoms with Gasteiger partial charge in [0.2, 0.25) is 0 Å². The Kier molecular flexibility index (Phi) is 1.94. The van der Waals surface area contributed by atoms with Crippen molar-refractivity contribution in [1.29, 1.82) is 0 Å². The molecule has 0 saturated heterocycles. The third kappa shape index (κ3) is 1.35. The summed E-state index contributed by atoms with van der Waals surface area (Å²) in [5.41, 5.74) is 0.0616. The summed E-state index contributed by atoms with van der Waals surface area (Å²) in [6.45, 7) is 0. The minimum atomic E-state index is -4.24. The molecule has 1 amide bonds. The van der Waals surface area contributed by atoms with Gasteiger partial charge in [-0.25, -0.2) is 12.7 Å². The smallest absolute Gasteiger partial charge is 0.283 e. The van der Waals surface area contributed by atoms with Gasteiger partial charge in [0.1, 0.15) is 0 Å². The summed E-state index contributed by atoms with van der Waals surface area (Å²) in [4.78, 5) is 22.7. The van der Waals surface area contributed by atoms with Crippen LogP contribution in [0.4, 0.5) is 5.69 Å². The Morgan fingerprint density at radius 1 is 1.13 bits per heavy atom. The molecule has 2 rings (SSSR count). The number of anilines is 1. The van der Waals surface area contributed by atoms with E-state index in [-0.39, 0.29) is 11.3 Å². The van der Waals surface area contributed by atoms with E-state index in [9.17, 15) is 18.0 Å². The van der Waals surface area contributed by atoms with Crippen LogP contribution in [0.25, 0.3) is 0 Å². The average molecular weight is 221 g/mol. The molecule has 0 saturated carbocycles. The number of nitrogens with zero attached hydrogens (tertiary/aromatic N) is 1. The van der Waals surface area contributed by atoms with E-state index in [1.54, 1.807) is 0 Å². The van der Waals surface area contributed by atoms with E-state index < -0.39 is 21.6 Å². The Hall–Kier alpha value is -1.63. The predicted octanol–water partition coefficient (Wildman–Crippen LogP) is -0.371. The monoisotopic (exact) mass is 221 g/mol. The molecule has 0 N–H and O–H groups in total. The molecule has 0 aliphatic carbocycles. The van der Waals surface area contributed by atoms with Gasteiger partial charge in [-0.3, -0.25) is 9.59 Å². The molecule has 5 nitrogen and oxygen atoms in total. The van der Waals surface area contributed by atoms with Gasteiger partial charge in [0.15, 0.2) is 9.87 Å². The van der Waals surface area contributed by atoms with Crippen LogP contribution in [-0.4, -0.2) is 27.2 Å². The number of hydrogen-bond acceptors (Lipinski definition) is 4. The van der Waals surface area contributed by atoms with E-state index in [1.165, 1.54) is 24.3 Å². The van der Waals surface area contributed by atoms with Crippen LogP contribution >= 0.6 is 0 Å². The number of ketones is 1. The summed E-state index contributed by atoms with van der Waals surface area (Å²) in [5, 5.41) is 0. The Labute approximate surface area is 87.0 Å². The molecule has 0 unspecified atom stereocenters. The number of amides is 1. The lowest BCUT2D eigenvalue weighted by Gasteiger charge is -2.13. The van der Waals surface area contributed by atoms with Crippen LogP contribution in [0.2, 0.25) is 0 Å². The molecule has 1 aliphatic rings. The quantitative estimate of drug-likeness (QED) is 0.479. The second kappa shape index (κ2) is 2.93. The number of hydrogen-bond donors (Lipinski definition) is 0. The van der Waals surface area contributed by atoms with Crippen molar-refractivity contribution in [1.82, 2.24) is 0 Å². The molecule has 1 heterocycles. The normalized spacial score (nSPS) is 15.6. The Morgan fingerprint density at radius 2 is 1.73 bits per heavy atom. The first-order chi connectivity index (χ1) is 6.93. The molecule has 2 radical (unpaired) electrons. The zero-order chi connectivity index (χ0) is 11.2. The Morgan fingerprint density at radius 3 is 2.33 bits per heavy atom. The number of rotatable bonds is 1. The highest BCUT2D eigenvalue weighted by Crippen LogP contribution is 2.29. The van der Waals surface area contributed by atoms with Gasteiger partial charge in [-0.1, -0.05) is 12.1 Å². The van der Waals surface area contributed by atoms with Gasteiger partial charge < -0.3 is 0 Å². The third-order valence-corrected chi connectivity index (χ3v) is 2.87. The highest BCUT2D eigenvalue weighted by molar-refractivity contribution is 8.14. The van der Waals surface area contributed by atoms with Crippen LogP contribution in [-0.2, 0) is 14.7 Å². The van der Waals surface area contributed by atoms with Gasteiger partial charge in [0, 0.05) is 0 Å². The van der Waals surface area contributed by atoms with E-state index in [0.29, 0.717) is 4.31 Å². The Balaban J connectivity index is 2.73. The highest BCUT2D eigenvalue weighted by Gasteiger charge is 2.40. The lowest BCUT2D eigenvalue weighted by molar-refractivity contribution is -0.113. The van der Waals surface area contributed by atoms with Crippen LogP contribution in [0, 0.1) is 0 Å². The summed E-state index contributed by atoms with van der Waals surface area (Å²) >= 11 is 0. The molecule has 1 aliphatic heterocycles. The largest absolute Gasteiger partial charge is 0.312 e. The van der Waals surface area contributed by atoms with E-state index in [4.69, 9.17) is 7.12 Å². The fraction of sp³-hybridized carbons (Fsp3) is 0. The molecule has 0 aromatic heterocycles. The summed E-state index contributed by atoms with van der Waals surface area (Å²) in [6, 6.07) is 5.78. The SMILES string of the molecule is [B]S(=O)(=O)N1C(=O)C(=O)c2ccccc21. The zero-order valence-electron chi connectivity index (χ0n) is 7.38. The van der Waals surface area contributed by atoms with Crippen molar-refractivity contribution < 1.29 is 18.0 Å². The van der Waals surface area contributed by atoms with Crippen molar-refractivity contribution in [2.45, 2.75) is 0 Å². The number of carbonyl (C=O) groups is 2. The van der Waals surface area contributed by atoms with Gasteiger partial charge in [-0.2, -0.15) is 0 Å². The fourth-order valence-electron chi connectivity index (χ4n) is 1.41. The number of carbonyl (C=O) groups excluding carboxylic acids is 2.